The second-order valence-corrected chi connectivity index (χ2v) is 4.81. The Morgan fingerprint density at radius 1 is 1.50 bits per heavy atom. The van der Waals surface area contributed by atoms with Gasteiger partial charge in [-0.15, -0.1) is 11.3 Å². The molecule has 2 rings (SSSR count). The lowest BCUT2D eigenvalue weighted by atomic mass is 10.2. The van der Waals surface area contributed by atoms with E-state index in [1.54, 1.807) is 23.5 Å². The molecule has 0 fully saturated rings. The third-order valence-electron chi connectivity index (χ3n) is 2.42. The van der Waals surface area contributed by atoms with Gasteiger partial charge >= 0.3 is 0 Å². The number of benzene rings is 1. The third kappa shape index (κ3) is 3.05. The zero-order valence-corrected chi connectivity index (χ0v) is 10.7. The van der Waals surface area contributed by atoms with Gasteiger partial charge in [0.15, 0.2) is 0 Å². The van der Waals surface area contributed by atoms with E-state index in [0.29, 0.717) is 12.2 Å². The van der Waals surface area contributed by atoms with Crippen LogP contribution in [0, 0.1) is 24.1 Å². The van der Waals surface area contributed by atoms with Crippen LogP contribution in [0.25, 0.3) is 0 Å². The Morgan fingerprint density at radius 3 is 2.94 bits per heavy atom. The largest absolute Gasteiger partial charge is 0.385 e. The van der Waals surface area contributed by atoms with E-state index in [4.69, 9.17) is 5.26 Å². The summed E-state index contributed by atoms with van der Waals surface area (Å²) in [5.74, 6) is -0.493. The van der Waals surface area contributed by atoms with E-state index in [0.717, 1.165) is 17.1 Å². The minimum atomic E-state index is -0.493. The molecular formula is C13H12FN3S. The highest BCUT2D eigenvalue weighted by Crippen LogP contribution is 2.14. The van der Waals surface area contributed by atoms with Gasteiger partial charge in [0, 0.05) is 29.7 Å². The van der Waals surface area contributed by atoms with Gasteiger partial charge in [0.2, 0.25) is 0 Å². The Morgan fingerprint density at radius 2 is 2.33 bits per heavy atom. The van der Waals surface area contributed by atoms with Gasteiger partial charge in [-0.3, -0.25) is 0 Å². The van der Waals surface area contributed by atoms with Gasteiger partial charge in [-0.25, -0.2) is 9.37 Å². The van der Waals surface area contributed by atoms with Crippen LogP contribution in [0.5, 0.6) is 0 Å². The number of aromatic nitrogens is 1. The van der Waals surface area contributed by atoms with Crippen LogP contribution in [-0.2, 0) is 6.42 Å². The minimum Gasteiger partial charge on any atom is -0.385 e. The summed E-state index contributed by atoms with van der Waals surface area (Å²) in [6, 6.07) is 6.32. The topological polar surface area (TPSA) is 48.7 Å². The molecule has 5 heteroatoms. The summed E-state index contributed by atoms with van der Waals surface area (Å²) >= 11 is 1.63. The minimum absolute atomic E-state index is 0.0658. The number of aryl methyl sites for hydroxylation is 1. The SMILES string of the molecule is Cc1csc(CCNc2ccc(C#N)c(F)c2)n1. The number of anilines is 1. The van der Waals surface area contributed by atoms with Crippen molar-refractivity contribution in [2.75, 3.05) is 11.9 Å². The highest BCUT2D eigenvalue weighted by Gasteiger charge is 2.03. The molecular weight excluding hydrogens is 249 g/mol. The summed E-state index contributed by atoms with van der Waals surface area (Å²) in [5, 5.41) is 14.8. The maximum atomic E-state index is 13.3. The predicted molar refractivity (Wildman–Crippen MR) is 70.2 cm³/mol. The molecule has 1 aromatic heterocycles. The van der Waals surface area contributed by atoms with Crippen molar-refractivity contribution in [3.05, 3.63) is 45.7 Å². The fourth-order valence-corrected chi connectivity index (χ4v) is 2.32. The Bertz CT molecular complexity index is 586. The molecule has 3 nitrogen and oxygen atoms in total. The summed E-state index contributed by atoms with van der Waals surface area (Å²) in [5.41, 5.74) is 1.77. The fourth-order valence-electron chi connectivity index (χ4n) is 1.55. The molecule has 0 bridgehead atoms. The lowest BCUT2D eigenvalue weighted by Crippen LogP contribution is -2.05. The Balaban J connectivity index is 1.91. The van der Waals surface area contributed by atoms with Crippen molar-refractivity contribution in [2.24, 2.45) is 0 Å². The molecule has 1 N–H and O–H groups in total. The normalized spacial score (nSPS) is 10.1. The number of thiazole rings is 1. The maximum absolute atomic E-state index is 13.3. The highest BCUT2D eigenvalue weighted by atomic mass is 32.1. The van der Waals surface area contributed by atoms with E-state index in [1.165, 1.54) is 12.1 Å². The fraction of sp³-hybridized carbons (Fsp3) is 0.231. The van der Waals surface area contributed by atoms with E-state index in [1.807, 2.05) is 12.3 Å². The van der Waals surface area contributed by atoms with Gasteiger partial charge in [0.25, 0.3) is 0 Å². The zero-order chi connectivity index (χ0) is 13.0. The summed E-state index contributed by atoms with van der Waals surface area (Å²) in [6.07, 6.45) is 0.806. The first-order valence-electron chi connectivity index (χ1n) is 5.53. The zero-order valence-electron chi connectivity index (χ0n) is 9.90. The van der Waals surface area contributed by atoms with Crippen molar-refractivity contribution >= 4 is 17.0 Å². The van der Waals surface area contributed by atoms with Crippen molar-refractivity contribution in [1.82, 2.24) is 4.98 Å². The number of nitrogens with zero attached hydrogens (tertiary/aromatic N) is 2. The van der Waals surface area contributed by atoms with Gasteiger partial charge in [-0.2, -0.15) is 5.26 Å². The van der Waals surface area contributed by atoms with Crippen molar-refractivity contribution in [3.8, 4) is 6.07 Å². The maximum Gasteiger partial charge on any atom is 0.143 e. The third-order valence-corrected chi connectivity index (χ3v) is 3.45. The van der Waals surface area contributed by atoms with Crippen LogP contribution in [0.1, 0.15) is 16.3 Å². The number of hydrogen-bond acceptors (Lipinski definition) is 4. The second-order valence-electron chi connectivity index (χ2n) is 3.87. The summed E-state index contributed by atoms with van der Waals surface area (Å²) in [4.78, 5) is 4.35. The van der Waals surface area contributed by atoms with E-state index in [9.17, 15) is 4.39 Å². The molecule has 2 aromatic rings. The lowest BCUT2D eigenvalue weighted by Gasteiger charge is -2.05. The van der Waals surface area contributed by atoms with E-state index < -0.39 is 5.82 Å². The average molecular weight is 261 g/mol. The Kier molecular flexibility index (Phi) is 3.90. The molecule has 0 aliphatic carbocycles. The van der Waals surface area contributed by atoms with Crippen LogP contribution >= 0.6 is 11.3 Å². The molecule has 0 aliphatic rings. The molecule has 0 radical (unpaired) electrons. The monoisotopic (exact) mass is 261 g/mol. The molecule has 92 valence electrons. The van der Waals surface area contributed by atoms with Crippen LogP contribution in [0.2, 0.25) is 0 Å². The smallest absolute Gasteiger partial charge is 0.143 e. The van der Waals surface area contributed by atoms with Gasteiger partial charge in [-0.05, 0) is 25.1 Å². The average Bonchev–Trinajstić information content (AvgIpc) is 2.75. The van der Waals surface area contributed by atoms with E-state index in [2.05, 4.69) is 10.3 Å². The van der Waals surface area contributed by atoms with Crippen LogP contribution < -0.4 is 5.32 Å². The Labute approximate surface area is 109 Å². The van der Waals surface area contributed by atoms with Crippen LogP contribution in [0.4, 0.5) is 10.1 Å². The van der Waals surface area contributed by atoms with Crippen molar-refractivity contribution in [3.63, 3.8) is 0 Å². The van der Waals surface area contributed by atoms with Gasteiger partial charge in [0.05, 0.1) is 10.6 Å². The lowest BCUT2D eigenvalue weighted by molar-refractivity contribution is 0.624. The molecule has 1 heterocycles. The first-order chi connectivity index (χ1) is 8.69. The quantitative estimate of drug-likeness (QED) is 0.920. The molecule has 0 amide bonds. The predicted octanol–water partition coefficient (Wildman–Crippen LogP) is 3.12. The second kappa shape index (κ2) is 5.61. The number of hydrogen-bond donors (Lipinski definition) is 1. The van der Waals surface area contributed by atoms with Crippen LogP contribution in [0.15, 0.2) is 23.6 Å². The van der Waals surface area contributed by atoms with Crippen molar-refractivity contribution in [2.45, 2.75) is 13.3 Å². The number of halogens is 1. The number of nitrogens with one attached hydrogen (secondary N) is 1. The molecule has 0 spiro atoms. The van der Waals surface area contributed by atoms with Crippen LogP contribution in [-0.4, -0.2) is 11.5 Å². The molecule has 18 heavy (non-hydrogen) atoms. The van der Waals surface area contributed by atoms with Crippen LogP contribution in [0.3, 0.4) is 0 Å². The van der Waals surface area contributed by atoms with Gasteiger partial charge in [-0.1, -0.05) is 0 Å². The number of nitriles is 1. The van der Waals surface area contributed by atoms with Gasteiger partial charge < -0.3 is 5.32 Å². The van der Waals surface area contributed by atoms with Crippen molar-refractivity contribution in [1.29, 1.82) is 5.26 Å². The molecule has 0 unspecified atom stereocenters. The Hall–Kier alpha value is -1.93. The summed E-state index contributed by atoms with van der Waals surface area (Å²) in [7, 11) is 0. The molecule has 0 saturated heterocycles. The molecule has 0 aliphatic heterocycles. The molecule has 0 atom stereocenters. The van der Waals surface area contributed by atoms with Crippen molar-refractivity contribution < 1.29 is 4.39 Å². The summed E-state index contributed by atoms with van der Waals surface area (Å²) < 4.78 is 13.3. The standard InChI is InChI=1S/C13H12FN3S/c1-9-8-18-13(17-9)4-5-16-11-3-2-10(7-15)12(14)6-11/h2-3,6,8,16H,4-5H2,1H3. The van der Waals surface area contributed by atoms with Gasteiger partial charge in [0.1, 0.15) is 11.9 Å². The first kappa shape index (κ1) is 12.5. The summed E-state index contributed by atoms with van der Waals surface area (Å²) in [6.45, 7) is 2.65. The molecule has 1 aromatic carbocycles. The number of rotatable bonds is 4. The first-order valence-corrected chi connectivity index (χ1v) is 6.41. The highest BCUT2D eigenvalue weighted by molar-refractivity contribution is 7.09. The van der Waals surface area contributed by atoms with E-state index >= 15 is 0 Å². The van der Waals surface area contributed by atoms with E-state index in [-0.39, 0.29) is 5.56 Å². The molecule has 0 saturated carbocycles.